The number of para-hydroxylation sites is 1. The van der Waals surface area contributed by atoms with Crippen LogP contribution in [-0.2, 0) is 4.74 Å². The van der Waals surface area contributed by atoms with Gasteiger partial charge in [-0.3, -0.25) is 4.79 Å². The number of benzene rings is 1. The number of ether oxygens (including phenoxy) is 2. The lowest BCUT2D eigenvalue weighted by atomic mass is 10.2. The number of hydrogen-bond acceptors (Lipinski definition) is 3. The van der Waals surface area contributed by atoms with Gasteiger partial charge in [0.05, 0.1) is 16.1 Å². The summed E-state index contributed by atoms with van der Waals surface area (Å²) in [7, 11) is 1.65. The monoisotopic (exact) mass is 286 g/mol. The molecule has 1 unspecified atom stereocenters. The predicted molar refractivity (Wildman–Crippen MR) is 66.1 cm³/mol. The zero-order valence-corrected chi connectivity index (χ0v) is 11.0. The molecule has 0 spiro atoms. The van der Waals surface area contributed by atoms with Crippen LogP contribution in [0.2, 0.25) is 0 Å². The summed E-state index contributed by atoms with van der Waals surface area (Å²) in [5.41, 5.74) is 0.554. The topological polar surface area (TPSA) is 35.5 Å². The fraction of sp³-hybridized carbons (Fsp3) is 0.417. The molecule has 0 aliphatic rings. The Balaban J connectivity index is 2.75. The Hall–Kier alpha value is -0.870. The van der Waals surface area contributed by atoms with Crippen LogP contribution in [0, 0.1) is 0 Å². The molecule has 0 aliphatic heterocycles. The van der Waals surface area contributed by atoms with E-state index < -0.39 is 0 Å². The number of aldehydes is 1. The summed E-state index contributed by atoms with van der Waals surface area (Å²) in [5.74, 6) is 0.598. The molecule has 16 heavy (non-hydrogen) atoms. The van der Waals surface area contributed by atoms with Crippen LogP contribution in [0.5, 0.6) is 5.75 Å². The van der Waals surface area contributed by atoms with Gasteiger partial charge in [-0.15, -0.1) is 0 Å². The first-order valence-corrected chi connectivity index (χ1v) is 5.87. The van der Waals surface area contributed by atoms with Gasteiger partial charge in [-0.25, -0.2) is 0 Å². The van der Waals surface area contributed by atoms with Crippen LogP contribution in [0.4, 0.5) is 0 Å². The van der Waals surface area contributed by atoms with E-state index in [9.17, 15) is 4.79 Å². The van der Waals surface area contributed by atoms with Crippen molar-refractivity contribution < 1.29 is 14.3 Å². The lowest BCUT2D eigenvalue weighted by molar-refractivity contribution is 0.110. The molecule has 0 bridgehead atoms. The first-order chi connectivity index (χ1) is 7.69. The molecule has 4 heteroatoms. The van der Waals surface area contributed by atoms with E-state index in [-0.39, 0.29) is 6.10 Å². The fourth-order valence-electron chi connectivity index (χ4n) is 1.29. The Labute approximate surface area is 104 Å². The van der Waals surface area contributed by atoms with Gasteiger partial charge in [0, 0.05) is 20.1 Å². The zero-order chi connectivity index (χ0) is 12.0. The van der Waals surface area contributed by atoms with E-state index in [1.54, 1.807) is 19.2 Å². The highest BCUT2D eigenvalue weighted by molar-refractivity contribution is 9.10. The second-order valence-electron chi connectivity index (χ2n) is 3.49. The number of rotatable bonds is 6. The quantitative estimate of drug-likeness (QED) is 0.754. The average molecular weight is 287 g/mol. The highest BCUT2D eigenvalue weighted by atomic mass is 79.9. The second-order valence-corrected chi connectivity index (χ2v) is 4.34. The maximum atomic E-state index is 10.8. The van der Waals surface area contributed by atoms with Gasteiger partial charge in [0.1, 0.15) is 5.75 Å². The maximum absolute atomic E-state index is 10.8. The average Bonchev–Trinajstić information content (AvgIpc) is 2.29. The summed E-state index contributed by atoms with van der Waals surface area (Å²) in [6.07, 6.45) is 1.59. The summed E-state index contributed by atoms with van der Waals surface area (Å²) in [5, 5.41) is 0. The highest BCUT2D eigenvalue weighted by Crippen LogP contribution is 2.29. The number of carbonyl (C=O) groups is 1. The molecule has 0 amide bonds. The van der Waals surface area contributed by atoms with E-state index in [2.05, 4.69) is 15.9 Å². The number of halogens is 1. The van der Waals surface area contributed by atoms with Crippen LogP contribution in [0.3, 0.4) is 0 Å². The second kappa shape index (κ2) is 6.66. The van der Waals surface area contributed by atoms with Crippen LogP contribution < -0.4 is 4.74 Å². The van der Waals surface area contributed by atoms with Crippen molar-refractivity contribution in [3.63, 3.8) is 0 Å². The molecule has 1 atom stereocenters. The molecule has 0 saturated heterocycles. The summed E-state index contributed by atoms with van der Waals surface area (Å²) in [6, 6.07) is 5.39. The maximum Gasteiger partial charge on any atom is 0.153 e. The summed E-state index contributed by atoms with van der Waals surface area (Å²) in [6.45, 7) is 2.59. The van der Waals surface area contributed by atoms with Crippen molar-refractivity contribution in [2.24, 2.45) is 0 Å². The van der Waals surface area contributed by atoms with E-state index in [0.717, 1.165) is 17.2 Å². The largest absolute Gasteiger partial charge is 0.489 e. The summed E-state index contributed by atoms with van der Waals surface area (Å²) < 4.78 is 11.5. The van der Waals surface area contributed by atoms with Gasteiger partial charge < -0.3 is 9.47 Å². The first kappa shape index (κ1) is 13.2. The molecular weight excluding hydrogens is 272 g/mol. The molecule has 0 fully saturated rings. The SMILES string of the molecule is COCCC(C)Oc1c(Br)cccc1C=O. The molecular formula is C12H15BrO3. The van der Waals surface area contributed by atoms with Crippen LogP contribution >= 0.6 is 15.9 Å². The predicted octanol–water partition coefficient (Wildman–Crippen LogP) is 3.07. The minimum atomic E-state index is 0.0114. The molecule has 0 heterocycles. The van der Waals surface area contributed by atoms with Crippen LogP contribution in [0.25, 0.3) is 0 Å². The van der Waals surface area contributed by atoms with Crippen molar-refractivity contribution in [3.05, 3.63) is 28.2 Å². The zero-order valence-electron chi connectivity index (χ0n) is 9.40. The molecule has 0 radical (unpaired) electrons. The van der Waals surface area contributed by atoms with Crippen molar-refractivity contribution in [2.45, 2.75) is 19.4 Å². The minimum Gasteiger partial charge on any atom is -0.489 e. The summed E-state index contributed by atoms with van der Waals surface area (Å²) >= 11 is 3.37. The molecule has 1 rings (SSSR count). The molecule has 3 nitrogen and oxygen atoms in total. The molecule has 0 N–H and O–H groups in total. The fourth-order valence-corrected chi connectivity index (χ4v) is 1.76. The number of carbonyl (C=O) groups excluding carboxylic acids is 1. The Morgan fingerprint density at radius 3 is 2.88 bits per heavy atom. The third-order valence-electron chi connectivity index (χ3n) is 2.17. The highest BCUT2D eigenvalue weighted by Gasteiger charge is 2.11. The van der Waals surface area contributed by atoms with E-state index >= 15 is 0 Å². The van der Waals surface area contributed by atoms with Crippen LogP contribution in [0.1, 0.15) is 23.7 Å². The minimum absolute atomic E-state index is 0.0114. The normalized spacial score (nSPS) is 12.2. The van der Waals surface area contributed by atoms with Gasteiger partial charge >= 0.3 is 0 Å². The lowest BCUT2D eigenvalue weighted by Gasteiger charge is -2.16. The van der Waals surface area contributed by atoms with Crippen molar-refractivity contribution in [3.8, 4) is 5.75 Å². The summed E-state index contributed by atoms with van der Waals surface area (Å²) in [4.78, 5) is 10.8. The number of hydrogen-bond donors (Lipinski definition) is 0. The number of methoxy groups -OCH3 is 1. The standard InChI is InChI=1S/C12H15BrO3/c1-9(6-7-15-2)16-12-10(8-14)4-3-5-11(12)13/h3-5,8-9H,6-7H2,1-2H3. The van der Waals surface area contributed by atoms with Gasteiger partial charge in [-0.05, 0) is 35.0 Å². The van der Waals surface area contributed by atoms with E-state index in [0.29, 0.717) is 17.9 Å². The van der Waals surface area contributed by atoms with Gasteiger partial charge in [-0.2, -0.15) is 0 Å². The molecule has 0 aliphatic carbocycles. The smallest absolute Gasteiger partial charge is 0.153 e. The van der Waals surface area contributed by atoms with Crippen LogP contribution in [0.15, 0.2) is 22.7 Å². The van der Waals surface area contributed by atoms with Crippen molar-refractivity contribution in [1.29, 1.82) is 0 Å². The van der Waals surface area contributed by atoms with Gasteiger partial charge in [0.2, 0.25) is 0 Å². The van der Waals surface area contributed by atoms with Gasteiger partial charge in [0.15, 0.2) is 6.29 Å². The Bertz CT molecular complexity index is 352. The van der Waals surface area contributed by atoms with E-state index in [1.807, 2.05) is 13.0 Å². The van der Waals surface area contributed by atoms with Crippen molar-refractivity contribution in [1.82, 2.24) is 0 Å². The Kier molecular flexibility index (Phi) is 5.49. The Morgan fingerprint density at radius 1 is 1.50 bits per heavy atom. The third-order valence-corrected chi connectivity index (χ3v) is 2.80. The van der Waals surface area contributed by atoms with Gasteiger partial charge in [0.25, 0.3) is 0 Å². The van der Waals surface area contributed by atoms with Crippen LogP contribution in [-0.4, -0.2) is 26.1 Å². The molecule has 1 aromatic carbocycles. The lowest BCUT2D eigenvalue weighted by Crippen LogP contribution is -2.15. The van der Waals surface area contributed by atoms with Crippen molar-refractivity contribution >= 4 is 22.2 Å². The van der Waals surface area contributed by atoms with Crippen molar-refractivity contribution in [2.75, 3.05) is 13.7 Å². The third kappa shape index (κ3) is 3.61. The van der Waals surface area contributed by atoms with E-state index in [4.69, 9.17) is 9.47 Å². The molecule has 0 saturated carbocycles. The molecule has 88 valence electrons. The Morgan fingerprint density at radius 2 is 2.25 bits per heavy atom. The van der Waals surface area contributed by atoms with E-state index in [1.165, 1.54) is 0 Å². The first-order valence-electron chi connectivity index (χ1n) is 5.08. The molecule has 0 aromatic heterocycles. The van der Waals surface area contributed by atoms with Gasteiger partial charge in [-0.1, -0.05) is 6.07 Å². The molecule has 1 aromatic rings.